The van der Waals surface area contributed by atoms with Crippen LogP contribution in [0.2, 0.25) is 0 Å². The summed E-state index contributed by atoms with van der Waals surface area (Å²) < 4.78 is 0. The van der Waals surface area contributed by atoms with Crippen LogP contribution in [0.25, 0.3) is 10.6 Å². The molecule has 1 heterocycles. The van der Waals surface area contributed by atoms with E-state index in [-0.39, 0.29) is 36.6 Å². The minimum absolute atomic E-state index is 0. The monoisotopic (exact) mass is 375 g/mol. The maximum absolute atomic E-state index is 12.3. The number of rotatable bonds is 5. The van der Waals surface area contributed by atoms with Crippen LogP contribution in [0.3, 0.4) is 0 Å². The van der Waals surface area contributed by atoms with Gasteiger partial charge in [0.05, 0.1) is 5.54 Å². The fraction of sp³-hybridized carbons (Fsp3) is 0.375. The molecule has 7 heteroatoms. The third-order valence-corrected chi connectivity index (χ3v) is 4.75. The lowest BCUT2D eigenvalue weighted by Crippen LogP contribution is -2.55. The van der Waals surface area contributed by atoms with Crippen LogP contribution in [0.1, 0.15) is 31.3 Å². The molecule has 1 amide bonds. The topological polar surface area (TPSA) is 68.0 Å². The molecule has 0 saturated heterocycles. The first-order valence-electron chi connectivity index (χ1n) is 7.00. The molecule has 1 aromatic heterocycles. The molecule has 23 heavy (non-hydrogen) atoms. The van der Waals surface area contributed by atoms with Gasteiger partial charge >= 0.3 is 0 Å². The number of carbonyl (C=O) groups is 1. The van der Waals surface area contributed by atoms with Crippen molar-refractivity contribution in [3.05, 3.63) is 41.4 Å². The van der Waals surface area contributed by atoms with Gasteiger partial charge in [-0.15, -0.1) is 36.2 Å². The maximum Gasteiger partial charge on any atom is 0.271 e. The number of hydrogen-bond acceptors (Lipinski definition) is 4. The maximum atomic E-state index is 12.3. The van der Waals surface area contributed by atoms with Crippen molar-refractivity contribution in [1.29, 1.82) is 0 Å². The molecule has 0 aliphatic carbocycles. The number of thiazole rings is 1. The molecular formula is C16H23Cl2N3OS. The Morgan fingerprint density at radius 1 is 1.30 bits per heavy atom. The fourth-order valence-corrected chi connectivity index (χ4v) is 2.65. The zero-order valence-electron chi connectivity index (χ0n) is 13.4. The Balaban J connectivity index is 0.00000242. The van der Waals surface area contributed by atoms with Crippen LogP contribution >= 0.6 is 36.2 Å². The predicted octanol–water partition coefficient (Wildman–Crippen LogP) is 3.76. The van der Waals surface area contributed by atoms with Gasteiger partial charge < -0.3 is 11.1 Å². The van der Waals surface area contributed by atoms with Crippen molar-refractivity contribution in [1.82, 2.24) is 10.3 Å². The van der Waals surface area contributed by atoms with E-state index in [1.165, 1.54) is 11.3 Å². The van der Waals surface area contributed by atoms with Crippen LogP contribution in [-0.2, 0) is 0 Å². The van der Waals surface area contributed by atoms with Gasteiger partial charge in [0.2, 0.25) is 0 Å². The third kappa shape index (κ3) is 5.18. The summed E-state index contributed by atoms with van der Waals surface area (Å²) in [6.07, 6.45) is 0. The lowest BCUT2D eigenvalue weighted by atomic mass is 9.88. The number of carbonyl (C=O) groups excluding carboxylic acids is 1. The summed E-state index contributed by atoms with van der Waals surface area (Å²) in [5, 5.41) is 5.64. The lowest BCUT2D eigenvalue weighted by Gasteiger charge is -2.33. The third-order valence-electron chi connectivity index (χ3n) is 3.85. The van der Waals surface area contributed by atoms with E-state index in [4.69, 9.17) is 5.73 Å². The van der Waals surface area contributed by atoms with E-state index < -0.39 is 5.54 Å². The summed E-state index contributed by atoms with van der Waals surface area (Å²) in [6.45, 7) is 6.44. The number of amides is 1. The lowest BCUT2D eigenvalue weighted by molar-refractivity contribution is 0.0879. The van der Waals surface area contributed by atoms with Crippen LogP contribution in [-0.4, -0.2) is 23.0 Å². The standard InChI is InChI=1S/C16H21N3OS.2ClH/c1-11(2)16(3,10-17)19-14(20)13-9-21-15(18-13)12-7-5-4-6-8-12;;/h4-9,11H,10,17H2,1-3H3,(H,19,20);2*1H. The average molecular weight is 376 g/mol. The summed E-state index contributed by atoms with van der Waals surface area (Å²) in [4.78, 5) is 16.8. The van der Waals surface area contributed by atoms with E-state index in [1.807, 2.05) is 51.1 Å². The largest absolute Gasteiger partial charge is 0.344 e. The number of halogens is 2. The zero-order valence-corrected chi connectivity index (χ0v) is 15.9. The Kier molecular flexibility index (Phi) is 8.77. The van der Waals surface area contributed by atoms with Crippen molar-refractivity contribution in [2.45, 2.75) is 26.3 Å². The fourth-order valence-electron chi connectivity index (χ4n) is 1.85. The highest BCUT2D eigenvalue weighted by atomic mass is 35.5. The van der Waals surface area contributed by atoms with Gasteiger partial charge in [0, 0.05) is 17.5 Å². The summed E-state index contributed by atoms with van der Waals surface area (Å²) in [7, 11) is 0. The molecule has 0 bridgehead atoms. The van der Waals surface area contributed by atoms with Crippen molar-refractivity contribution < 1.29 is 4.79 Å². The van der Waals surface area contributed by atoms with Gasteiger partial charge in [-0.1, -0.05) is 44.2 Å². The molecule has 1 atom stereocenters. The second-order valence-electron chi connectivity index (χ2n) is 5.63. The number of aromatic nitrogens is 1. The van der Waals surface area contributed by atoms with Crippen LogP contribution in [0.5, 0.6) is 0 Å². The van der Waals surface area contributed by atoms with Crippen molar-refractivity contribution >= 4 is 42.1 Å². The summed E-state index contributed by atoms with van der Waals surface area (Å²) in [5.74, 6) is 0.0776. The first-order chi connectivity index (χ1) is 9.96. The number of nitrogens with two attached hydrogens (primary N) is 1. The molecule has 0 fully saturated rings. The van der Waals surface area contributed by atoms with E-state index in [0.717, 1.165) is 10.6 Å². The summed E-state index contributed by atoms with van der Waals surface area (Å²) in [6, 6.07) is 9.85. The second-order valence-corrected chi connectivity index (χ2v) is 6.49. The smallest absolute Gasteiger partial charge is 0.271 e. The Bertz CT molecular complexity index is 619. The average Bonchev–Trinajstić information content (AvgIpc) is 2.97. The van der Waals surface area contributed by atoms with Crippen molar-refractivity contribution in [2.75, 3.05) is 6.54 Å². The Hall–Kier alpha value is -1.14. The van der Waals surface area contributed by atoms with Crippen molar-refractivity contribution in [3.63, 3.8) is 0 Å². The molecule has 0 spiro atoms. The Morgan fingerprint density at radius 3 is 2.43 bits per heavy atom. The summed E-state index contributed by atoms with van der Waals surface area (Å²) >= 11 is 1.47. The van der Waals surface area contributed by atoms with Gasteiger partial charge in [-0.2, -0.15) is 0 Å². The van der Waals surface area contributed by atoms with E-state index >= 15 is 0 Å². The molecule has 0 radical (unpaired) electrons. The van der Waals surface area contributed by atoms with E-state index in [1.54, 1.807) is 5.38 Å². The Labute approximate surface area is 153 Å². The molecule has 1 aromatic carbocycles. The molecule has 4 nitrogen and oxygen atoms in total. The highest BCUT2D eigenvalue weighted by molar-refractivity contribution is 7.13. The van der Waals surface area contributed by atoms with Crippen LogP contribution < -0.4 is 11.1 Å². The van der Waals surface area contributed by atoms with Gasteiger partial charge in [-0.05, 0) is 12.8 Å². The number of hydrogen-bond donors (Lipinski definition) is 2. The highest BCUT2D eigenvalue weighted by Gasteiger charge is 2.29. The van der Waals surface area contributed by atoms with Gasteiger partial charge in [-0.3, -0.25) is 4.79 Å². The number of benzene rings is 1. The highest BCUT2D eigenvalue weighted by Crippen LogP contribution is 2.24. The van der Waals surface area contributed by atoms with Crippen molar-refractivity contribution in [2.24, 2.45) is 11.7 Å². The number of nitrogens with one attached hydrogen (secondary N) is 1. The SMILES string of the molecule is CC(C)C(C)(CN)NC(=O)c1csc(-c2ccccc2)n1.Cl.Cl. The molecule has 2 aromatic rings. The normalized spacial score (nSPS) is 12.7. The first kappa shape index (κ1) is 21.9. The molecule has 0 aliphatic heterocycles. The molecule has 128 valence electrons. The van der Waals surface area contributed by atoms with Crippen LogP contribution in [0.15, 0.2) is 35.7 Å². The molecule has 0 aliphatic rings. The van der Waals surface area contributed by atoms with Crippen molar-refractivity contribution in [3.8, 4) is 10.6 Å². The van der Waals surface area contributed by atoms with Gasteiger partial charge in [-0.25, -0.2) is 4.98 Å². The quantitative estimate of drug-likeness (QED) is 0.835. The molecule has 2 rings (SSSR count). The zero-order chi connectivity index (χ0) is 15.5. The minimum Gasteiger partial charge on any atom is -0.344 e. The second kappa shape index (κ2) is 9.23. The molecule has 3 N–H and O–H groups in total. The van der Waals surface area contributed by atoms with Gasteiger partial charge in [0.1, 0.15) is 10.7 Å². The summed E-state index contributed by atoms with van der Waals surface area (Å²) in [5.41, 5.74) is 6.84. The molecular weight excluding hydrogens is 353 g/mol. The molecule has 0 saturated carbocycles. The first-order valence-corrected chi connectivity index (χ1v) is 7.88. The Morgan fingerprint density at radius 2 is 1.91 bits per heavy atom. The van der Waals surface area contributed by atoms with E-state index in [2.05, 4.69) is 10.3 Å². The van der Waals surface area contributed by atoms with Crippen LogP contribution in [0, 0.1) is 5.92 Å². The predicted molar refractivity (Wildman–Crippen MR) is 102 cm³/mol. The van der Waals surface area contributed by atoms with E-state index in [9.17, 15) is 4.79 Å². The van der Waals surface area contributed by atoms with E-state index in [0.29, 0.717) is 12.2 Å². The van der Waals surface area contributed by atoms with Crippen LogP contribution in [0.4, 0.5) is 0 Å². The molecule has 1 unspecified atom stereocenters. The van der Waals surface area contributed by atoms with Gasteiger partial charge in [0.25, 0.3) is 5.91 Å². The number of nitrogens with zero attached hydrogens (tertiary/aromatic N) is 1. The minimum atomic E-state index is -0.423. The van der Waals surface area contributed by atoms with Gasteiger partial charge in [0.15, 0.2) is 0 Å².